The lowest BCUT2D eigenvalue weighted by Crippen LogP contribution is -2.37. The molecule has 2 rings (SSSR count). The van der Waals surface area contributed by atoms with Crippen molar-refractivity contribution in [3.8, 4) is 0 Å². The molecular formula is C15H20ClNO2. The molecule has 0 bridgehead atoms. The van der Waals surface area contributed by atoms with Gasteiger partial charge >= 0.3 is 0 Å². The quantitative estimate of drug-likeness (QED) is 0.919. The Hall–Kier alpha value is -1.06. The van der Waals surface area contributed by atoms with Crippen LogP contribution in [-0.2, 0) is 9.53 Å². The lowest BCUT2D eigenvalue weighted by atomic mass is 10.0. The van der Waals surface area contributed by atoms with Gasteiger partial charge < -0.3 is 10.1 Å². The van der Waals surface area contributed by atoms with Crippen LogP contribution in [0.2, 0.25) is 5.02 Å². The van der Waals surface area contributed by atoms with Crippen molar-refractivity contribution in [3.63, 3.8) is 0 Å². The van der Waals surface area contributed by atoms with E-state index in [2.05, 4.69) is 5.32 Å². The molecule has 1 fully saturated rings. The molecule has 104 valence electrons. The Morgan fingerprint density at radius 2 is 2.11 bits per heavy atom. The number of rotatable bonds is 4. The summed E-state index contributed by atoms with van der Waals surface area (Å²) < 4.78 is 5.74. The van der Waals surface area contributed by atoms with Gasteiger partial charge in [0.15, 0.2) is 0 Å². The van der Waals surface area contributed by atoms with E-state index in [0.29, 0.717) is 24.0 Å². The highest BCUT2D eigenvalue weighted by Gasteiger charge is 2.30. The fourth-order valence-corrected chi connectivity index (χ4v) is 2.48. The number of carbonyl (C=O) groups is 1. The van der Waals surface area contributed by atoms with Crippen molar-refractivity contribution in [1.82, 2.24) is 5.32 Å². The van der Waals surface area contributed by atoms with Gasteiger partial charge in [-0.3, -0.25) is 4.79 Å². The van der Waals surface area contributed by atoms with E-state index in [0.717, 1.165) is 12.0 Å². The standard InChI is InChI=1S/C15H20ClNO2/c1-10(2)9-14(18)17-13-7-8-19-15(13)11-3-5-12(16)6-4-11/h3-6,10,13,15H,7-9H2,1-2H3,(H,17,18)/t13-,15+/m0/s1. The summed E-state index contributed by atoms with van der Waals surface area (Å²) >= 11 is 5.89. The first kappa shape index (κ1) is 14.4. The molecule has 1 heterocycles. The number of nitrogens with one attached hydrogen (secondary N) is 1. The molecule has 0 spiro atoms. The Morgan fingerprint density at radius 3 is 2.74 bits per heavy atom. The first-order valence-corrected chi connectivity index (χ1v) is 7.10. The predicted molar refractivity (Wildman–Crippen MR) is 76.1 cm³/mol. The molecule has 1 amide bonds. The fourth-order valence-electron chi connectivity index (χ4n) is 2.35. The third-order valence-corrected chi connectivity index (χ3v) is 3.48. The molecule has 0 unspecified atom stereocenters. The maximum atomic E-state index is 11.9. The Labute approximate surface area is 119 Å². The van der Waals surface area contributed by atoms with Crippen LogP contribution in [0.4, 0.5) is 0 Å². The molecule has 0 aliphatic carbocycles. The number of amides is 1. The summed E-state index contributed by atoms with van der Waals surface area (Å²) in [5.41, 5.74) is 1.07. The van der Waals surface area contributed by atoms with Crippen LogP contribution in [0.5, 0.6) is 0 Å². The number of hydrogen-bond donors (Lipinski definition) is 1. The number of benzene rings is 1. The van der Waals surface area contributed by atoms with E-state index in [1.807, 2.05) is 38.1 Å². The molecule has 0 aromatic heterocycles. The largest absolute Gasteiger partial charge is 0.371 e. The molecule has 0 saturated carbocycles. The molecular weight excluding hydrogens is 262 g/mol. The average molecular weight is 282 g/mol. The average Bonchev–Trinajstić information content (AvgIpc) is 2.77. The maximum Gasteiger partial charge on any atom is 0.220 e. The normalized spacial score (nSPS) is 22.7. The van der Waals surface area contributed by atoms with Crippen LogP contribution >= 0.6 is 11.6 Å². The van der Waals surface area contributed by atoms with Crippen molar-refractivity contribution >= 4 is 17.5 Å². The minimum atomic E-state index is -0.0617. The monoisotopic (exact) mass is 281 g/mol. The second-order valence-corrected chi connectivity index (χ2v) is 5.84. The second kappa shape index (κ2) is 6.40. The predicted octanol–water partition coefficient (Wildman–Crippen LogP) is 3.33. The third-order valence-electron chi connectivity index (χ3n) is 3.23. The van der Waals surface area contributed by atoms with Crippen LogP contribution in [0.25, 0.3) is 0 Å². The Balaban J connectivity index is 2.00. The van der Waals surface area contributed by atoms with Crippen molar-refractivity contribution in [3.05, 3.63) is 34.9 Å². The minimum Gasteiger partial charge on any atom is -0.371 e. The molecule has 4 heteroatoms. The van der Waals surface area contributed by atoms with Gasteiger partial charge in [0.25, 0.3) is 0 Å². The number of halogens is 1. The molecule has 1 aliphatic rings. The Morgan fingerprint density at radius 1 is 1.42 bits per heavy atom. The first-order valence-electron chi connectivity index (χ1n) is 6.72. The molecule has 0 radical (unpaired) electrons. The van der Waals surface area contributed by atoms with Gasteiger partial charge in [0.1, 0.15) is 6.10 Å². The van der Waals surface area contributed by atoms with Crippen LogP contribution in [0, 0.1) is 5.92 Å². The van der Waals surface area contributed by atoms with Gasteiger partial charge in [-0.15, -0.1) is 0 Å². The molecule has 3 nitrogen and oxygen atoms in total. The Kier molecular flexibility index (Phi) is 4.83. The van der Waals surface area contributed by atoms with Crippen LogP contribution in [-0.4, -0.2) is 18.6 Å². The van der Waals surface area contributed by atoms with E-state index in [1.165, 1.54) is 0 Å². The van der Waals surface area contributed by atoms with E-state index in [4.69, 9.17) is 16.3 Å². The zero-order valence-electron chi connectivity index (χ0n) is 11.4. The maximum absolute atomic E-state index is 11.9. The summed E-state index contributed by atoms with van der Waals surface area (Å²) in [6, 6.07) is 7.68. The summed E-state index contributed by atoms with van der Waals surface area (Å²) in [5.74, 6) is 0.473. The summed E-state index contributed by atoms with van der Waals surface area (Å²) in [4.78, 5) is 11.9. The summed E-state index contributed by atoms with van der Waals surface area (Å²) in [6.45, 7) is 4.77. The third kappa shape index (κ3) is 3.95. The van der Waals surface area contributed by atoms with Crippen molar-refractivity contribution in [2.75, 3.05) is 6.61 Å². The van der Waals surface area contributed by atoms with Crippen LogP contribution < -0.4 is 5.32 Å². The lowest BCUT2D eigenvalue weighted by molar-refractivity contribution is -0.122. The topological polar surface area (TPSA) is 38.3 Å². The van der Waals surface area contributed by atoms with Gasteiger partial charge in [0.2, 0.25) is 5.91 Å². The minimum absolute atomic E-state index is 0.0617. The number of ether oxygens (including phenoxy) is 1. The lowest BCUT2D eigenvalue weighted by Gasteiger charge is -2.20. The molecule has 1 aliphatic heterocycles. The van der Waals surface area contributed by atoms with Gasteiger partial charge in [0.05, 0.1) is 6.04 Å². The highest BCUT2D eigenvalue weighted by atomic mass is 35.5. The molecule has 1 aromatic rings. The van der Waals surface area contributed by atoms with Crippen LogP contribution in [0.3, 0.4) is 0 Å². The van der Waals surface area contributed by atoms with Crippen LogP contribution in [0.1, 0.15) is 38.4 Å². The zero-order valence-corrected chi connectivity index (χ0v) is 12.1. The SMILES string of the molecule is CC(C)CC(=O)N[C@H]1CCO[C@@H]1c1ccc(Cl)cc1. The number of carbonyl (C=O) groups excluding carboxylic acids is 1. The van der Waals surface area contributed by atoms with Crippen molar-refractivity contribution in [1.29, 1.82) is 0 Å². The fraction of sp³-hybridized carbons (Fsp3) is 0.533. The summed E-state index contributed by atoms with van der Waals surface area (Å²) in [5, 5.41) is 3.79. The molecule has 2 atom stereocenters. The smallest absolute Gasteiger partial charge is 0.220 e. The second-order valence-electron chi connectivity index (χ2n) is 5.40. The van der Waals surface area contributed by atoms with Crippen molar-refractivity contribution in [2.24, 2.45) is 5.92 Å². The van der Waals surface area contributed by atoms with E-state index in [-0.39, 0.29) is 18.1 Å². The van der Waals surface area contributed by atoms with E-state index >= 15 is 0 Å². The van der Waals surface area contributed by atoms with E-state index in [1.54, 1.807) is 0 Å². The van der Waals surface area contributed by atoms with Crippen molar-refractivity contribution < 1.29 is 9.53 Å². The molecule has 19 heavy (non-hydrogen) atoms. The van der Waals surface area contributed by atoms with Gasteiger partial charge in [0, 0.05) is 18.1 Å². The van der Waals surface area contributed by atoms with E-state index < -0.39 is 0 Å². The summed E-state index contributed by atoms with van der Waals surface area (Å²) in [7, 11) is 0. The van der Waals surface area contributed by atoms with Gasteiger partial charge in [-0.2, -0.15) is 0 Å². The van der Waals surface area contributed by atoms with Crippen LogP contribution in [0.15, 0.2) is 24.3 Å². The van der Waals surface area contributed by atoms with Gasteiger partial charge in [-0.1, -0.05) is 37.6 Å². The van der Waals surface area contributed by atoms with Gasteiger partial charge in [-0.25, -0.2) is 0 Å². The molecule has 1 N–H and O–H groups in total. The van der Waals surface area contributed by atoms with Crippen molar-refractivity contribution in [2.45, 2.75) is 38.8 Å². The molecule has 1 aromatic carbocycles. The van der Waals surface area contributed by atoms with E-state index in [9.17, 15) is 4.79 Å². The first-order chi connectivity index (χ1) is 9.06. The highest BCUT2D eigenvalue weighted by Crippen LogP contribution is 2.30. The molecule has 1 saturated heterocycles. The highest BCUT2D eigenvalue weighted by molar-refractivity contribution is 6.30. The van der Waals surface area contributed by atoms with Gasteiger partial charge in [-0.05, 0) is 30.0 Å². The summed E-state index contributed by atoms with van der Waals surface area (Å²) in [6.07, 6.45) is 1.36. The Bertz CT molecular complexity index is 430. The zero-order chi connectivity index (χ0) is 13.8. The number of hydrogen-bond acceptors (Lipinski definition) is 2.